The highest BCUT2D eigenvalue weighted by atomic mass is 16.5. The lowest BCUT2D eigenvalue weighted by Crippen LogP contribution is -2.15. The Morgan fingerprint density at radius 3 is 2.70 bits per heavy atom. The molecule has 1 aromatic carbocycles. The molecule has 1 saturated carbocycles. The van der Waals surface area contributed by atoms with Crippen LogP contribution in [-0.4, -0.2) is 25.4 Å². The zero-order chi connectivity index (χ0) is 20.5. The van der Waals surface area contributed by atoms with Crippen LogP contribution in [0.1, 0.15) is 36.3 Å². The average Bonchev–Trinajstić information content (AvgIpc) is 3.51. The van der Waals surface area contributed by atoms with Gasteiger partial charge in [-0.3, -0.25) is 9.48 Å². The number of esters is 1. The van der Waals surface area contributed by atoms with E-state index in [9.17, 15) is 4.79 Å². The molecule has 5 rings (SSSR count). The number of carbonyl (C=O) groups is 1. The summed E-state index contributed by atoms with van der Waals surface area (Å²) in [6.07, 6.45) is 10.5. The summed E-state index contributed by atoms with van der Waals surface area (Å²) in [7, 11) is 1.91. The van der Waals surface area contributed by atoms with E-state index in [0.717, 1.165) is 41.5 Å². The van der Waals surface area contributed by atoms with Crippen LogP contribution < -0.4 is 0 Å². The number of rotatable bonds is 5. The first-order chi connectivity index (χ1) is 14.7. The van der Waals surface area contributed by atoms with Gasteiger partial charge in [-0.2, -0.15) is 10.2 Å². The molecule has 1 aliphatic carbocycles. The fraction of sp³-hybridized carbons (Fsp3) is 0.292. The molecule has 3 heterocycles. The smallest absolute Gasteiger partial charge is 0.309 e. The van der Waals surface area contributed by atoms with Gasteiger partial charge in [0.15, 0.2) is 0 Å². The van der Waals surface area contributed by atoms with E-state index in [4.69, 9.17) is 4.74 Å². The number of pyridine rings is 1. The van der Waals surface area contributed by atoms with E-state index in [1.165, 1.54) is 5.56 Å². The molecule has 4 aromatic rings. The van der Waals surface area contributed by atoms with Crippen LogP contribution in [0.3, 0.4) is 0 Å². The summed E-state index contributed by atoms with van der Waals surface area (Å²) in [6, 6.07) is 14.1. The van der Waals surface area contributed by atoms with Gasteiger partial charge >= 0.3 is 5.97 Å². The summed E-state index contributed by atoms with van der Waals surface area (Å²) in [5.74, 6) is 0.209. The Morgan fingerprint density at radius 2 is 1.90 bits per heavy atom. The Kier molecular flexibility index (Phi) is 4.83. The Hall–Kier alpha value is -3.41. The first kappa shape index (κ1) is 18.6. The molecule has 2 atom stereocenters. The van der Waals surface area contributed by atoms with Gasteiger partial charge in [0, 0.05) is 36.1 Å². The summed E-state index contributed by atoms with van der Waals surface area (Å²) < 4.78 is 9.29. The lowest BCUT2D eigenvalue weighted by molar-refractivity contribution is -0.149. The molecule has 1 fully saturated rings. The van der Waals surface area contributed by atoms with Gasteiger partial charge in [-0.1, -0.05) is 36.4 Å². The summed E-state index contributed by atoms with van der Waals surface area (Å²) in [4.78, 5) is 12.5. The summed E-state index contributed by atoms with van der Waals surface area (Å²) in [5, 5.41) is 8.82. The van der Waals surface area contributed by atoms with Gasteiger partial charge in [0.2, 0.25) is 0 Å². The van der Waals surface area contributed by atoms with Gasteiger partial charge in [0.05, 0.1) is 23.8 Å². The molecule has 6 heteroatoms. The van der Waals surface area contributed by atoms with Gasteiger partial charge in [-0.25, -0.2) is 4.52 Å². The number of aromatic nitrogens is 4. The molecular formula is C24H24N4O2. The van der Waals surface area contributed by atoms with Crippen molar-refractivity contribution in [2.24, 2.45) is 13.0 Å². The van der Waals surface area contributed by atoms with Crippen molar-refractivity contribution in [3.05, 3.63) is 78.4 Å². The number of nitrogens with zero attached hydrogens (tertiary/aromatic N) is 4. The number of fused-ring (bicyclic) bond motifs is 1. The zero-order valence-corrected chi connectivity index (χ0v) is 16.9. The summed E-state index contributed by atoms with van der Waals surface area (Å²) in [5.41, 5.74) is 5.49. The highest BCUT2D eigenvalue weighted by Gasteiger charge is 2.33. The number of benzene rings is 1. The second-order valence-corrected chi connectivity index (χ2v) is 8.05. The van der Waals surface area contributed by atoms with E-state index < -0.39 is 0 Å². The molecular weight excluding hydrogens is 376 g/mol. The van der Waals surface area contributed by atoms with E-state index in [0.29, 0.717) is 12.5 Å². The lowest BCUT2D eigenvalue weighted by atomic mass is 9.97. The molecule has 30 heavy (non-hydrogen) atoms. The SMILES string of the molecule is Cn1cc(-c2ccc3c(C4CCC(C(=O)OCc5ccccc5)C4)cnn3c2)cn1. The molecule has 0 amide bonds. The molecule has 6 nitrogen and oxygen atoms in total. The lowest BCUT2D eigenvalue weighted by Gasteiger charge is -2.11. The van der Waals surface area contributed by atoms with Crippen molar-refractivity contribution in [1.82, 2.24) is 19.4 Å². The molecule has 3 aromatic heterocycles. The van der Waals surface area contributed by atoms with E-state index in [1.807, 2.05) is 66.7 Å². The maximum atomic E-state index is 12.5. The van der Waals surface area contributed by atoms with Gasteiger partial charge < -0.3 is 4.74 Å². The van der Waals surface area contributed by atoms with Gasteiger partial charge in [-0.15, -0.1) is 0 Å². The highest BCUT2D eigenvalue weighted by molar-refractivity contribution is 5.73. The Bertz CT molecular complexity index is 1180. The fourth-order valence-electron chi connectivity index (χ4n) is 4.38. The summed E-state index contributed by atoms with van der Waals surface area (Å²) in [6.45, 7) is 0.342. The van der Waals surface area contributed by atoms with Crippen molar-refractivity contribution < 1.29 is 9.53 Å². The second-order valence-electron chi connectivity index (χ2n) is 8.05. The minimum Gasteiger partial charge on any atom is -0.461 e. The van der Waals surface area contributed by atoms with E-state index in [1.54, 1.807) is 4.68 Å². The predicted octanol–water partition coefficient (Wildman–Crippen LogP) is 4.36. The third kappa shape index (κ3) is 3.61. The molecule has 152 valence electrons. The Labute approximate surface area is 175 Å². The van der Waals surface area contributed by atoms with Crippen LogP contribution >= 0.6 is 0 Å². The van der Waals surface area contributed by atoms with Crippen LogP contribution in [0.2, 0.25) is 0 Å². The topological polar surface area (TPSA) is 61.4 Å². The summed E-state index contributed by atoms with van der Waals surface area (Å²) >= 11 is 0. The zero-order valence-electron chi connectivity index (χ0n) is 16.9. The van der Waals surface area contributed by atoms with Crippen molar-refractivity contribution in [2.45, 2.75) is 31.8 Å². The van der Waals surface area contributed by atoms with Gasteiger partial charge in [-0.05, 0) is 36.8 Å². The molecule has 0 radical (unpaired) electrons. The van der Waals surface area contributed by atoms with Crippen LogP contribution in [0.15, 0.2) is 67.3 Å². The van der Waals surface area contributed by atoms with Crippen molar-refractivity contribution in [3.63, 3.8) is 0 Å². The first-order valence-electron chi connectivity index (χ1n) is 10.3. The Morgan fingerprint density at radius 1 is 1.03 bits per heavy atom. The monoisotopic (exact) mass is 400 g/mol. The molecule has 1 aliphatic rings. The third-order valence-corrected chi connectivity index (χ3v) is 6.01. The van der Waals surface area contributed by atoms with Crippen molar-refractivity contribution in [2.75, 3.05) is 0 Å². The van der Waals surface area contributed by atoms with E-state index in [-0.39, 0.29) is 11.9 Å². The van der Waals surface area contributed by atoms with Gasteiger partial charge in [0.1, 0.15) is 6.61 Å². The first-order valence-corrected chi connectivity index (χ1v) is 10.3. The molecule has 2 unspecified atom stereocenters. The molecule has 0 bridgehead atoms. The van der Waals surface area contributed by atoms with Gasteiger partial charge in [0.25, 0.3) is 0 Å². The van der Waals surface area contributed by atoms with E-state index >= 15 is 0 Å². The minimum absolute atomic E-state index is 0.0386. The number of ether oxygens (including phenoxy) is 1. The quantitative estimate of drug-likeness (QED) is 0.467. The van der Waals surface area contributed by atoms with Crippen molar-refractivity contribution >= 4 is 11.5 Å². The van der Waals surface area contributed by atoms with Crippen LogP contribution in [-0.2, 0) is 23.2 Å². The largest absolute Gasteiger partial charge is 0.461 e. The standard InChI is InChI=1S/C24H24N4O2/c1-27-14-21(12-25-27)20-9-10-23-22(13-26-28(23)15-20)18-7-8-19(11-18)24(29)30-16-17-5-3-2-4-6-17/h2-6,9-10,12-15,18-19H,7-8,11,16H2,1H3. The molecule has 0 spiro atoms. The second kappa shape index (κ2) is 7.78. The molecule has 0 saturated heterocycles. The minimum atomic E-state index is -0.0864. The van der Waals surface area contributed by atoms with Crippen LogP contribution in [0.5, 0.6) is 0 Å². The number of carbonyl (C=O) groups excluding carboxylic acids is 1. The van der Waals surface area contributed by atoms with Crippen LogP contribution in [0, 0.1) is 5.92 Å². The fourth-order valence-corrected chi connectivity index (χ4v) is 4.38. The molecule has 0 N–H and O–H groups in total. The number of aryl methyl sites for hydroxylation is 1. The Balaban J connectivity index is 1.27. The maximum Gasteiger partial charge on any atom is 0.309 e. The number of hydrogen-bond acceptors (Lipinski definition) is 4. The van der Waals surface area contributed by atoms with Crippen LogP contribution in [0.4, 0.5) is 0 Å². The molecule has 0 aliphatic heterocycles. The van der Waals surface area contributed by atoms with Crippen molar-refractivity contribution in [1.29, 1.82) is 0 Å². The third-order valence-electron chi connectivity index (χ3n) is 6.01. The predicted molar refractivity (Wildman–Crippen MR) is 114 cm³/mol. The van der Waals surface area contributed by atoms with E-state index in [2.05, 4.69) is 22.3 Å². The van der Waals surface area contributed by atoms with Crippen LogP contribution in [0.25, 0.3) is 16.6 Å². The highest BCUT2D eigenvalue weighted by Crippen LogP contribution is 2.40. The normalized spacial score (nSPS) is 18.7. The average molecular weight is 400 g/mol. The number of hydrogen-bond donors (Lipinski definition) is 0. The van der Waals surface area contributed by atoms with Crippen molar-refractivity contribution in [3.8, 4) is 11.1 Å². The maximum absolute atomic E-state index is 12.5.